The Hall–Kier alpha value is -0.430. The molecule has 0 amide bonds. The lowest BCUT2D eigenvalue weighted by molar-refractivity contribution is 0.165. The van der Waals surface area contributed by atoms with Crippen LogP contribution in [0.4, 0.5) is 0 Å². The van der Waals surface area contributed by atoms with Crippen molar-refractivity contribution in [2.45, 2.75) is 23.8 Å². The molecule has 4 nitrogen and oxygen atoms in total. The maximum absolute atomic E-state index is 12.2. The SMILES string of the molecule is O=S(=O)(CCN1CCC[C@H]1CO)c1ccc(Br)cc1. The molecule has 1 aliphatic heterocycles. The van der Waals surface area contributed by atoms with Crippen molar-refractivity contribution >= 4 is 25.8 Å². The van der Waals surface area contributed by atoms with Crippen LogP contribution in [0.1, 0.15) is 12.8 Å². The van der Waals surface area contributed by atoms with Gasteiger partial charge in [-0.05, 0) is 43.7 Å². The maximum atomic E-state index is 12.2. The molecule has 0 aliphatic carbocycles. The van der Waals surface area contributed by atoms with Gasteiger partial charge >= 0.3 is 0 Å². The second kappa shape index (κ2) is 6.35. The highest BCUT2D eigenvalue weighted by Crippen LogP contribution is 2.19. The van der Waals surface area contributed by atoms with Crippen LogP contribution >= 0.6 is 15.9 Å². The minimum absolute atomic E-state index is 0.102. The van der Waals surface area contributed by atoms with Crippen LogP contribution in [-0.2, 0) is 9.84 Å². The van der Waals surface area contributed by atoms with E-state index in [0.29, 0.717) is 11.4 Å². The van der Waals surface area contributed by atoms with Crippen LogP contribution in [0.15, 0.2) is 33.6 Å². The summed E-state index contributed by atoms with van der Waals surface area (Å²) in [5.74, 6) is 0.102. The van der Waals surface area contributed by atoms with Crippen molar-refractivity contribution in [2.75, 3.05) is 25.4 Å². The average molecular weight is 348 g/mol. The molecule has 0 aromatic heterocycles. The Kier molecular flexibility index (Phi) is 5.00. The fraction of sp³-hybridized carbons (Fsp3) is 0.538. The monoisotopic (exact) mass is 347 g/mol. The molecule has 1 atom stereocenters. The van der Waals surface area contributed by atoms with Crippen LogP contribution in [0.3, 0.4) is 0 Å². The van der Waals surface area contributed by atoms with Crippen LogP contribution in [0.5, 0.6) is 0 Å². The van der Waals surface area contributed by atoms with Crippen molar-refractivity contribution in [1.82, 2.24) is 4.90 Å². The second-order valence-corrected chi connectivity index (χ2v) is 7.81. The molecule has 1 fully saturated rings. The molecule has 1 heterocycles. The zero-order valence-electron chi connectivity index (χ0n) is 10.6. The normalized spacial score (nSPS) is 20.8. The number of hydrogen-bond acceptors (Lipinski definition) is 4. The molecule has 19 heavy (non-hydrogen) atoms. The molecule has 1 aromatic rings. The quantitative estimate of drug-likeness (QED) is 0.880. The molecular formula is C13H18BrNO3S. The number of aliphatic hydroxyl groups is 1. The standard InChI is InChI=1S/C13H18BrNO3S/c14-11-3-5-13(6-4-11)19(17,18)9-8-15-7-1-2-12(15)10-16/h3-6,12,16H,1-2,7-10H2/t12-/m0/s1. The summed E-state index contributed by atoms with van der Waals surface area (Å²) in [6.45, 7) is 1.48. The highest BCUT2D eigenvalue weighted by Gasteiger charge is 2.25. The number of hydrogen-bond donors (Lipinski definition) is 1. The Bertz CT molecular complexity index is 515. The molecule has 0 saturated carbocycles. The summed E-state index contributed by atoms with van der Waals surface area (Å²) in [6.07, 6.45) is 1.98. The summed E-state index contributed by atoms with van der Waals surface area (Å²) in [6, 6.07) is 6.83. The second-order valence-electron chi connectivity index (χ2n) is 4.79. The number of nitrogens with zero attached hydrogens (tertiary/aromatic N) is 1. The summed E-state index contributed by atoms with van der Waals surface area (Å²) >= 11 is 3.29. The Morgan fingerprint density at radius 1 is 1.32 bits per heavy atom. The minimum Gasteiger partial charge on any atom is -0.395 e. The summed E-state index contributed by atoms with van der Waals surface area (Å²) in [5, 5.41) is 9.22. The van der Waals surface area contributed by atoms with Crippen molar-refractivity contribution < 1.29 is 13.5 Å². The smallest absolute Gasteiger partial charge is 0.179 e. The molecule has 1 N–H and O–H groups in total. The third-order valence-corrected chi connectivity index (χ3v) is 5.77. The van der Waals surface area contributed by atoms with Gasteiger partial charge in [0, 0.05) is 17.1 Å². The van der Waals surface area contributed by atoms with Gasteiger partial charge in [-0.25, -0.2) is 8.42 Å². The van der Waals surface area contributed by atoms with E-state index in [4.69, 9.17) is 0 Å². The third kappa shape index (κ3) is 3.78. The predicted octanol–water partition coefficient (Wildman–Crippen LogP) is 1.68. The molecule has 2 rings (SSSR count). The number of rotatable bonds is 5. The first-order valence-electron chi connectivity index (χ1n) is 6.36. The van der Waals surface area contributed by atoms with E-state index in [1.54, 1.807) is 24.3 Å². The van der Waals surface area contributed by atoms with Gasteiger partial charge in [0.05, 0.1) is 17.3 Å². The average Bonchev–Trinajstić information content (AvgIpc) is 2.84. The van der Waals surface area contributed by atoms with E-state index in [2.05, 4.69) is 20.8 Å². The van der Waals surface area contributed by atoms with Crippen LogP contribution in [0, 0.1) is 0 Å². The molecular weight excluding hydrogens is 330 g/mol. The van der Waals surface area contributed by atoms with Gasteiger partial charge in [-0.15, -0.1) is 0 Å². The fourth-order valence-electron chi connectivity index (χ4n) is 2.39. The van der Waals surface area contributed by atoms with E-state index < -0.39 is 9.84 Å². The van der Waals surface area contributed by atoms with Crippen molar-refractivity contribution in [1.29, 1.82) is 0 Å². The van der Waals surface area contributed by atoms with Crippen molar-refractivity contribution in [2.24, 2.45) is 0 Å². The molecule has 6 heteroatoms. The van der Waals surface area contributed by atoms with E-state index in [1.165, 1.54) is 0 Å². The number of sulfone groups is 1. The number of halogens is 1. The van der Waals surface area contributed by atoms with Gasteiger partial charge in [0.25, 0.3) is 0 Å². The van der Waals surface area contributed by atoms with Gasteiger partial charge < -0.3 is 5.11 Å². The lowest BCUT2D eigenvalue weighted by atomic mass is 10.2. The first-order chi connectivity index (χ1) is 9.03. The van der Waals surface area contributed by atoms with Crippen molar-refractivity contribution in [3.8, 4) is 0 Å². The van der Waals surface area contributed by atoms with E-state index in [0.717, 1.165) is 23.9 Å². The Morgan fingerprint density at radius 3 is 2.63 bits per heavy atom. The highest BCUT2D eigenvalue weighted by atomic mass is 79.9. The van der Waals surface area contributed by atoms with Gasteiger partial charge in [0.2, 0.25) is 0 Å². The Balaban J connectivity index is 2.00. The molecule has 1 aromatic carbocycles. The zero-order valence-corrected chi connectivity index (χ0v) is 13.0. The zero-order chi connectivity index (χ0) is 13.9. The summed E-state index contributed by atoms with van der Waals surface area (Å²) in [5.41, 5.74) is 0. The number of likely N-dealkylation sites (tertiary alicyclic amines) is 1. The van der Waals surface area contributed by atoms with Crippen molar-refractivity contribution in [3.63, 3.8) is 0 Å². The summed E-state index contributed by atoms with van der Waals surface area (Å²) < 4.78 is 25.2. The van der Waals surface area contributed by atoms with Crippen molar-refractivity contribution in [3.05, 3.63) is 28.7 Å². The Labute approximate surface area is 122 Å². The lowest BCUT2D eigenvalue weighted by Gasteiger charge is -2.22. The topological polar surface area (TPSA) is 57.6 Å². The highest BCUT2D eigenvalue weighted by molar-refractivity contribution is 9.10. The minimum atomic E-state index is -3.24. The molecule has 0 radical (unpaired) electrons. The maximum Gasteiger partial charge on any atom is 0.179 e. The van der Waals surface area contributed by atoms with Gasteiger partial charge in [0.15, 0.2) is 9.84 Å². The van der Waals surface area contributed by atoms with Gasteiger partial charge in [-0.2, -0.15) is 0 Å². The van der Waals surface area contributed by atoms with Crippen LogP contribution in [-0.4, -0.2) is 49.9 Å². The van der Waals surface area contributed by atoms with Crippen LogP contribution in [0.2, 0.25) is 0 Å². The molecule has 1 saturated heterocycles. The molecule has 0 spiro atoms. The van der Waals surface area contributed by atoms with Crippen LogP contribution in [0.25, 0.3) is 0 Å². The van der Waals surface area contributed by atoms with E-state index in [1.807, 2.05) is 0 Å². The predicted molar refractivity (Wildman–Crippen MR) is 77.9 cm³/mol. The van der Waals surface area contributed by atoms with Gasteiger partial charge in [0.1, 0.15) is 0 Å². The first kappa shape index (κ1) is 15.0. The fourth-order valence-corrected chi connectivity index (χ4v) is 3.92. The van der Waals surface area contributed by atoms with E-state index in [9.17, 15) is 13.5 Å². The third-order valence-electron chi connectivity index (χ3n) is 3.53. The first-order valence-corrected chi connectivity index (χ1v) is 8.81. The van der Waals surface area contributed by atoms with Gasteiger partial charge in [-0.1, -0.05) is 15.9 Å². The van der Waals surface area contributed by atoms with Crippen LogP contribution < -0.4 is 0 Å². The number of aliphatic hydroxyl groups excluding tert-OH is 1. The molecule has 106 valence electrons. The largest absolute Gasteiger partial charge is 0.395 e. The molecule has 1 aliphatic rings. The molecule has 0 unspecified atom stereocenters. The number of benzene rings is 1. The van der Waals surface area contributed by atoms with Gasteiger partial charge in [-0.3, -0.25) is 4.90 Å². The van der Waals surface area contributed by atoms with E-state index in [-0.39, 0.29) is 18.4 Å². The summed E-state index contributed by atoms with van der Waals surface area (Å²) in [7, 11) is -3.24. The summed E-state index contributed by atoms with van der Waals surface area (Å²) in [4.78, 5) is 2.42. The van der Waals surface area contributed by atoms with E-state index >= 15 is 0 Å². The lowest BCUT2D eigenvalue weighted by Crippen LogP contribution is -2.35. The molecule has 0 bridgehead atoms. The Morgan fingerprint density at radius 2 is 2.00 bits per heavy atom.